The van der Waals surface area contributed by atoms with Crippen LogP contribution < -0.4 is 15.6 Å². The molecule has 0 bridgehead atoms. The van der Waals surface area contributed by atoms with Gasteiger partial charge in [0.2, 0.25) is 0 Å². The van der Waals surface area contributed by atoms with Crippen molar-refractivity contribution < 1.29 is 14.3 Å². The minimum Gasteiger partial charge on any atom is -0.479 e. The minimum absolute atomic E-state index is 0.224. The fourth-order valence-corrected chi connectivity index (χ4v) is 2.02. The average molecular weight is 344 g/mol. The molecule has 2 aromatic carbocycles. The minimum atomic E-state index is -0.897. The van der Waals surface area contributed by atoms with Crippen molar-refractivity contribution in [3.8, 4) is 11.8 Å². The molecule has 1 atom stereocenters. The summed E-state index contributed by atoms with van der Waals surface area (Å²) in [6.45, 7) is 1.51. The molecule has 0 radical (unpaired) electrons. The van der Waals surface area contributed by atoms with Gasteiger partial charge in [0.05, 0.1) is 16.7 Å². The number of hydrogen-bond acceptors (Lipinski definition) is 4. The molecule has 0 aliphatic heterocycles. The topological polar surface area (TPSA) is 91.2 Å². The number of amides is 2. The van der Waals surface area contributed by atoms with Crippen molar-refractivity contribution in [1.29, 1.82) is 5.26 Å². The van der Waals surface area contributed by atoms with E-state index in [9.17, 15) is 9.59 Å². The molecule has 0 aliphatic carbocycles. The third-order valence-electron chi connectivity index (χ3n) is 3.07. The fourth-order valence-electron chi connectivity index (χ4n) is 1.79. The highest BCUT2D eigenvalue weighted by molar-refractivity contribution is 6.32. The highest BCUT2D eigenvalue weighted by Crippen LogP contribution is 2.26. The largest absolute Gasteiger partial charge is 0.479 e. The number of rotatable bonds is 4. The summed E-state index contributed by atoms with van der Waals surface area (Å²) < 4.78 is 5.44. The van der Waals surface area contributed by atoms with Crippen LogP contribution in [0.3, 0.4) is 0 Å². The first-order valence-corrected chi connectivity index (χ1v) is 7.40. The van der Waals surface area contributed by atoms with Crippen LogP contribution in [0.15, 0.2) is 48.5 Å². The maximum absolute atomic E-state index is 12.0. The Morgan fingerprint density at radius 1 is 1.17 bits per heavy atom. The van der Waals surface area contributed by atoms with E-state index in [1.807, 2.05) is 6.07 Å². The molecule has 0 spiro atoms. The Bertz CT molecular complexity index is 787. The van der Waals surface area contributed by atoms with E-state index in [1.54, 1.807) is 30.3 Å². The van der Waals surface area contributed by atoms with Crippen LogP contribution in [0.25, 0.3) is 0 Å². The van der Waals surface area contributed by atoms with Gasteiger partial charge in [-0.25, -0.2) is 0 Å². The van der Waals surface area contributed by atoms with Crippen LogP contribution in [0, 0.1) is 11.3 Å². The molecule has 0 aliphatic rings. The van der Waals surface area contributed by atoms with Crippen molar-refractivity contribution in [2.24, 2.45) is 0 Å². The lowest BCUT2D eigenvalue weighted by Gasteiger charge is -2.16. The molecule has 2 amide bonds. The first kappa shape index (κ1) is 17.3. The van der Waals surface area contributed by atoms with Crippen LogP contribution in [0.2, 0.25) is 5.02 Å². The molecule has 24 heavy (non-hydrogen) atoms. The zero-order chi connectivity index (χ0) is 17.5. The molecule has 0 saturated carbocycles. The number of halogens is 1. The predicted molar refractivity (Wildman–Crippen MR) is 88.3 cm³/mol. The molecule has 7 heteroatoms. The molecular formula is C17H14ClN3O3. The highest BCUT2D eigenvalue weighted by atomic mass is 35.5. The predicted octanol–water partition coefficient (Wildman–Crippen LogP) is 2.44. The van der Waals surface area contributed by atoms with E-state index in [2.05, 4.69) is 10.9 Å². The van der Waals surface area contributed by atoms with Crippen molar-refractivity contribution in [2.45, 2.75) is 13.0 Å². The summed E-state index contributed by atoms with van der Waals surface area (Å²) >= 11 is 5.99. The van der Waals surface area contributed by atoms with Crippen LogP contribution in [-0.4, -0.2) is 17.9 Å². The van der Waals surface area contributed by atoms with Crippen LogP contribution in [0.1, 0.15) is 22.8 Å². The van der Waals surface area contributed by atoms with Gasteiger partial charge in [-0.05, 0) is 37.3 Å². The standard InChI is InChI=1S/C17H14ClN3O3/c1-11(24-15-8-7-12(10-19)9-14(15)18)16(22)20-21-17(23)13-5-3-2-4-6-13/h2-9,11H,1H3,(H,20,22)(H,21,23)/t11-/m1/s1. The monoisotopic (exact) mass is 343 g/mol. The van der Waals surface area contributed by atoms with E-state index in [4.69, 9.17) is 21.6 Å². The van der Waals surface area contributed by atoms with Gasteiger partial charge in [0.25, 0.3) is 11.8 Å². The Kier molecular flexibility index (Phi) is 5.77. The smallest absolute Gasteiger partial charge is 0.279 e. The number of nitrogens with zero attached hydrogens (tertiary/aromatic N) is 1. The molecule has 0 unspecified atom stereocenters. The molecular weight excluding hydrogens is 330 g/mol. The number of hydrogen-bond donors (Lipinski definition) is 2. The second-order valence-corrected chi connectivity index (χ2v) is 5.23. The van der Waals surface area contributed by atoms with Gasteiger partial charge >= 0.3 is 0 Å². The molecule has 0 fully saturated rings. The summed E-state index contributed by atoms with van der Waals surface area (Å²) in [6.07, 6.45) is -0.897. The van der Waals surface area contributed by atoms with Crippen LogP contribution >= 0.6 is 11.6 Å². The van der Waals surface area contributed by atoms with Crippen molar-refractivity contribution in [1.82, 2.24) is 10.9 Å². The van der Waals surface area contributed by atoms with Gasteiger partial charge in [0.1, 0.15) is 5.75 Å². The summed E-state index contributed by atoms with van der Waals surface area (Å²) in [4.78, 5) is 23.8. The zero-order valence-electron chi connectivity index (χ0n) is 12.7. The molecule has 2 aromatic rings. The molecule has 0 aromatic heterocycles. The van der Waals surface area contributed by atoms with Crippen molar-refractivity contribution in [3.05, 3.63) is 64.7 Å². The summed E-state index contributed by atoms with van der Waals surface area (Å²) in [7, 11) is 0. The van der Waals surface area contributed by atoms with Gasteiger partial charge in [-0.15, -0.1) is 0 Å². The maximum atomic E-state index is 12.0. The Morgan fingerprint density at radius 3 is 2.50 bits per heavy atom. The van der Waals surface area contributed by atoms with E-state index >= 15 is 0 Å². The van der Waals surface area contributed by atoms with Crippen LogP contribution in [0.5, 0.6) is 5.75 Å². The van der Waals surface area contributed by atoms with Crippen LogP contribution in [-0.2, 0) is 4.79 Å². The molecule has 122 valence electrons. The van der Waals surface area contributed by atoms with Crippen molar-refractivity contribution in [3.63, 3.8) is 0 Å². The highest BCUT2D eigenvalue weighted by Gasteiger charge is 2.17. The van der Waals surface area contributed by atoms with Gasteiger partial charge < -0.3 is 4.74 Å². The second kappa shape index (κ2) is 7.99. The van der Waals surface area contributed by atoms with Gasteiger partial charge in [0, 0.05) is 5.56 Å². The molecule has 6 nitrogen and oxygen atoms in total. The molecule has 2 N–H and O–H groups in total. The molecule has 0 saturated heterocycles. The van der Waals surface area contributed by atoms with E-state index in [0.29, 0.717) is 11.1 Å². The lowest BCUT2D eigenvalue weighted by atomic mass is 10.2. The molecule has 2 rings (SSSR count). The number of nitriles is 1. The summed E-state index contributed by atoms with van der Waals surface area (Å²) in [5.41, 5.74) is 5.39. The van der Waals surface area contributed by atoms with Gasteiger partial charge in [-0.3, -0.25) is 20.4 Å². The Labute approximate surface area is 144 Å². The average Bonchev–Trinajstić information content (AvgIpc) is 2.61. The van der Waals surface area contributed by atoms with E-state index in [1.165, 1.54) is 25.1 Å². The molecule has 0 heterocycles. The van der Waals surface area contributed by atoms with Gasteiger partial charge in [0.15, 0.2) is 6.10 Å². The Balaban J connectivity index is 1.91. The summed E-state index contributed by atoms with van der Waals surface area (Å²) in [5.74, 6) is -0.708. The number of carbonyl (C=O) groups is 2. The zero-order valence-corrected chi connectivity index (χ0v) is 13.5. The number of benzene rings is 2. The maximum Gasteiger partial charge on any atom is 0.279 e. The second-order valence-electron chi connectivity index (χ2n) is 4.83. The van der Waals surface area contributed by atoms with Crippen LogP contribution in [0.4, 0.5) is 0 Å². The third-order valence-corrected chi connectivity index (χ3v) is 3.36. The Hall–Kier alpha value is -3.04. The van der Waals surface area contributed by atoms with Crippen molar-refractivity contribution >= 4 is 23.4 Å². The normalized spacial score (nSPS) is 11.0. The third kappa shape index (κ3) is 4.48. The van der Waals surface area contributed by atoms with E-state index in [0.717, 1.165) is 0 Å². The van der Waals surface area contributed by atoms with Gasteiger partial charge in [-0.1, -0.05) is 29.8 Å². The quantitative estimate of drug-likeness (QED) is 0.834. The SMILES string of the molecule is C[C@@H](Oc1ccc(C#N)cc1Cl)C(=O)NNC(=O)c1ccccc1. The van der Waals surface area contributed by atoms with Crippen molar-refractivity contribution in [2.75, 3.05) is 0 Å². The lowest BCUT2D eigenvalue weighted by Crippen LogP contribution is -2.47. The van der Waals surface area contributed by atoms with Gasteiger partial charge in [-0.2, -0.15) is 5.26 Å². The Morgan fingerprint density at radius 2 is 1.88 bits per heavy atom. The van der Waals surface area contributed by atoms with E-state index < -0.39 is 17.9 Å². The summed E-state index contributed by atoms with van der Waals surface area (Å²) in [5, 5.41) is 9.01. The van der Waals surface area contributed by atoms with E-state index in [-0.39, 0.29) is 10.8 Å². The first-order chi connectivity index (χ1) is 11.5. The number of hydrazine groups is 1. The number of nitrogens with one attached hydrogen (secondary N) is 2. The number of carbonyl (C=O) groups excluding carboxylic acids is 2. The summed E-state index contributed by atoms with van der Waals surface area (Å²) in [6, 6.07) is 14.9. The lowest BCUT2D eigenvalue weighted by molar-refractivity contribution is -0.128. The fraction of sp³-hybridized carbons (Fsp3) is 0.118. The first-order valence-electron chi connectivity index (χ1n) is 7.03. The number of ether oxygens (including phenoxy) is 1.